The van der Waals surface area contributed by atoms with Gasteiger partial charge in [-0.2, -0.15) is 0 Å². The summed E-state index contributed by atoms with van der Waals surface area (Å²) in [4.78, 5) is 22.8. The number of nitrogens with zero attached hydrogens (tertiary/aromatic N) is 3. The molecule has 0 saturated heterocycles. The van der Waals surface area contributed by atoms with Crippen molar-refractivity contribution in [3.05, 3.63) is 78.2 Å². The van der Waals surface area contributed by atoms with Crippen LogP contribution in [-0.4, -0.2) is 43.2 Å². The highest BCUT2D eigenvalue weighted by Gasteiger charge is 2.10. The Hall–Kier alpha value is -3.61. The second-order valence-corrected chi connectivity index (χ2v) is 6.38. The molecule has 0 unspecified atom stereocenters. The third kappa shape index (κ3) is 5.93. The van der Waals surface area contributed by atoms with Crippen LogP contribution < -0.4 is 19.7 Å². The van der Waals surface area contributed by atoms with Gasteiger partial charge in [0.1, 0.15) is 29.6 Å². The quantitative estimate of drug-likeness (QED) is 0.564. The number of methoxy groups -OCH3 is 1. The topological polar surface area (TPSA) is 76.6 Å². The third-order valence-corrected chi connectivity index (χ3v) is 4.24. The highest BCUT2D eigenvalue weighted by atomic mass is 16.5. The molecular formula is C22H24N4O3. The number of carbonyl (C=O) groups excluding carboxylic acids is 1. The second-order valence-electron chi connectivity index (χ2n) is 6.38. The predicted molar refractivity (Wildman–Crippen MR) is 111 cm³/mol. The molecule has 7 nitrogen and oxygen atoms in total. The molecule has 3 aromatic rings. The highest BCUT2D eigenvalue weighted by Crippen LogP contribution is 2.16. The Balaban J connectivity index is 1.44. The maximum atomic E-state index is 12.2. The third-order valence-electron chi connectivity index (χ3n) is 4.24. The number of rotatable bonds is 9. The Morgan fingerprint density at radius 2 is 1.72 bits per heavy atom. The van der Waals surface area contributed by atoms with Crippen molar-refractivity contribution in [2.45, 2.75) is 6.54 Å². The summed E-state index contributed by atoms with van der Waals surface area (Å²) in [6.45, 7) is 1.43. The first-order valence-corrected chi connectivity index (χ1v) is 9.28. The van der Waals surface area contributed by atoms with E-state index in [-0.39, 0.29) is 11.6 Å². The average molecular weight is 392 g/mol. The lowest BCUT2D eigenvalue weighted by Gasteiger charge is -2.17. The zero-order chi connectivity index (χ0) is 20.5. The molecule has 29 heavy (non-hydrogen) atoms. The van der Waals surface area contributed by atoms with Crippen LogP contribution in [0.2, 0.25) is 0 Å². The highest BCUT2D eigenvalue weighted by molar-refractivity contribution is 5.91. The first-order valence-electron chi connectivity index (χ1n) is 9.28. The number of nitrogens with one attached hydrogen (secondary N) is 1. The minimum Gasteiger partial charge on any atom is -0.497 e. The first kappa shape index (κ1) is 20.1. The Morgan fingerprint density at radius 1 is 1.00 bits per heavy atom. The minimum atomic E-state index is -0.284. The van der Waals surface area contributed by atoms with E-state index in [2.05, 4.69) is 27.4 Å². The van der Waals surface area contributed by atoms with E-state index in [4.69, 9.17) is 9.47 Å². The van der Waals surface area contributed by atoms with Crippen molar-refractivity contribution in [1.29, 1.82) is 0 Å². The summed E-state index contributed by atoms with van der Waals surface area (Å²) in [7, 11) is 3.55. The van der Waals surface area contributed by atoms with E-state index >= 15 is 0 Å². The molecule has 1 heterocycles. The van der Waals surface area contributed by atoms with Gasteiger partial charge in [0.15, 0.2) is 0 Å². The van der Waals surface area contributed by atoms with Crippen LogP contribution in [0.3, 0.4) is 0 Å². The van der Waals surface area contributed by atoms with Crippen molar-refractivity contribution in [1.82, 2.24) is 15.3 Å². The second kappa shape index (κ2) is 10.1. The lowest BCUT2D eigenvalue weighted by atomic mass is 10.2. The van der Waals surface area contributed by atoms with Crippen molar-refractivity contribution >= 4 is 11.7 Å². The van der Waals surface area contributed by atoms with Crippen molar-refractivity contribution < 1.29 is 14.3 Å². The fourth-order valence-corrected chi connectivity index (χ4v) is 2.67. The van der Waals surface area contributed by atoms with Gasteiger partial charge in [-0.05, 0) is 29.8 Å². The van der Waals surface area contributed by atoms with Crippen molar-refractivity contribution in [2.75, 3.05) is 32.2 Å². The zero-order valence-corrected chi connectivity index (χ0v) is 16.5. The van der Waals surface area contributed by atoms with Crippen molar-refractivity contribution in [2.24, 2.45) is 0 Å². The molecule has 1 aromatic heterocycles. The normalized spacial score (nSPS) is 10.3. The van der Waals surface area contributed by atoms with Gasteiger partial charge in [-0.15, -0.1) is 0 Å². The van der Waals surface area contributed by atoms with Crippen LogP contribution in [0.5, 0.6) is 11.5 Å². The number of ether oxygens (including phenoxy) is 2. The lowest BCUT2D eigenvalue weighted by Crippen LogP contribution is -2.29. The Bertz CT molecular complexity index is 900. The van der Waals surface area contributed by atoms with Gasteiger partial charge in [0.25, 0.3) is 5.91 Å². The van der Waals surface area contributed by atoms with Crippen molar-refractivity contribution in [3.8, 4) is 11.5 Å². The smallest absolute Gasteiger partial charge is 0.271 e. The molecule has 0 fully saturated rings. The van der Waals surface area contributed by atoms with E-state index in [1.807, 2.05) is 54.4 Å². The van der Waals surface area contributed by atoms with Gasteiger partial charge in [0, 0.05) is 13.6 Å². The van der Waals surface area contributed by atoms with E-state index in [0.29, 0.717) is 31.3 Å². The van der Waals surface area contributed by atoms with E-state index in [0.717, 1.165) is 5.75 Å². The number of amides is 1. The molecule has 0 atom stereocenters. The number of anilines is 1. The van der Waals surface area contributed by atoms with E-state index in [1.165, 1.54) is 11.8 Å². The predicted octanol–water partition coefficient (Wildman–Crippen LogP) is 2.93. The molecule has 3 rings (SSSR count). The van der Waals surface area contributed by atoms with Gasteiger partial charge in [-0.3, -0.25) is 4.79 Å². The van der Waals surface area contributed by atoms with Gasteiger partial charge < -0.3 is 19.7 Å². The molecule has 1 amide bonds. The largest absolute Gasteiger partial charge is 0.497 e. The SMILES string of the molecule is COc1ccc(OCCNC(=O)c2cnc(N(C)Cc3ccccc3)cn2)cc1. The number of aromatic nitrogens is 2. The van der Waals surface area contributed by atoms with Crippen molar-refractivity contribution in [3.63, 3.8) is 0 Å². The van der Waals surface area contributed by atoms with Crippen LogP contribution in [0.15, 0.2) is 67.0 Å². The van der Waals surface area contributed by atoms with Crippen LogP contribution in [0.4, 0.5) is 5.82 Å². The summed E-state index contributed by atoms with van der Waals surface area (Å²) in [6, 6.07) is 17.4. The summed E-state index contributed by atoms with van der Waals surface area (Å²) in [6.07, 6.45) is 3.09. The fourth-order valence-electron chi connectivity index (χ4n) is 2.67. The molecule has 0 aliphatic heterocycles. The number of hydrogen-bond donors (Lipinski definition) is 1. The van der Waals surface area contributed by atoms with Gasteiger partial charge in [-0.25, -0.2) is 9.97 Å². The Labute approximate surface area is 170 Å². The maximum absolute atomic E-state index is 12.2. The molecule has 2 aromatic carbocycles. The minimum absolute atomic E-state index is 0.270. The van der Waals surface area contributed by atoms with Crippen LogP contribution in [0.1, 0.15) is 16.1 Å². The van der Waals surface area contributed by atoms with Crippen LogP contribution in [-0.2, 0) is 6.54 Å². The standard InChI is InChI=1S/C22H24N4O3/c1-26(16-17-6-4-3-5-7-17)21-15-24-20(14-25-21)22(27)23-12-13-29-19-10-8-18(28-2)9-11-19/h3-11,14-15H,12-13,16H2,1-2H3,(H,23,27). The average Bonchev–Trinajstić information content (AvgIpc) is 2.77. The van der Waals surface area contributed by atoms with Gasteiger partial charge in [0.05, 0.1) is 26.0 Å². The summed E-state index contributed by atoms with van der Waals surface area (Å²) in [5.41, 5.74) is 1.45. The first-order chi connectivity index (χ1) is 14.2. The van der Waals surface area contributed by atoms with E-state index in [9.17, 15) is 4.79 Å². The Morgan fingerprint density at radius 3 is 2.38 bits per heavy atom. The molecule has 150 valence electrons. The lowest BCUT2D eigenvalue weighted by molar-refractivity contribution is 0.0941. The summed E-state index contributed by atoms with van der Waals surface area (Å²) >= 11 is 0. The molecule has 0 saturated carbocycles. The number of hydrogen-bond acceptors (Lipinski definition) is 6. The van der Waals surface area contributed by atoms with Gasteiger partial charge >= 0.3 is 0 Å². The zero-order valence-electron chi connectivity index (χ0n) is 16.5. The van der Waals surface area contributed by atoms with Gasteiger partial charge in [0.2, 0.25) is 0 Å². The molecule has 0 radical (unpaired) electrons. The number of carbonyl (C=O) groups is 1. The summed E-state index contributed by atoms with van der Waals surface area (Å²) < 4.78 is 10.7. The molecular weight excluding hydrogens is 368 g/mol. The van der Waals surface area contributed by atoms with Crippen LogP contribution in [0.25, 0.3) is 0 Å². The molecule has 7 heteroatoms. The van der Waals surface area contributed by atoms with Crippen LogP contribution >= 0.6 is 0 Å². The van der Waals surface area contributed by atoms with Gasteiger partial charge in [-0.1, -0.05) is 30.3 Å². The van der Waals surface area contributed by atoms with E-state index < -0.39 is 0 Å². The molecule has 0 aliphatic rings. The number of benzene rings is 2. The summed E-state index contributed by atoms with van der Waals surface area (Å²) in [5.74, 6) is 1.90. The van der Waals surface area contributed by atoms with E-state index in [1.54, 1.807) is 13.3 Å². The molecule has 0 aliphatic carbocycles. The summed E-state index contributed by atoms with van der Waals surface area (Å²) in [5, 5.41) is 2.78. The Kier molecular flexibility index (Phi) is 7.00. The monoisotopic (exact) mass is 392 g/mol. The molecule has 0 bridgehead atoms. The fraction of sp³-hybridized carbons (Fsp3) is 0.227. The molecule has 0 spiro atoms. The molecule has 1 N–H and O–H groups in total. The van der Waals surface area contributed by atoms with Crippen LogP contribution in [0, 0.1) is 0 Å². The maximum Gasteiger partial charge on any atom is 0.271 e.